The third-order valence-corrected chi connectivity index (χ3v) is 5.13. The number of hydrogen-bond donors (Lipinski definition) is 2. The van der Waals surface area contributed by atoms with Crippen LogP contribution in [-0.4, -0.2) is 72.3 Å². The first-order valence-corrected chi connectivity index (χ1v) is 10.4. The lowest BCUT2D eigenvalue weighted by molar-refractivity contribution is 0.0888. The molecule has 0 bridgehead atoms. The van der Waals surface area contributed by atoms with Gasteiger partial charge in [0.15, 0.2) is 5.96 Å². The number of nitrogens with one attached hydrogen (secondary N) is 2. The highest BCUT2D eigenvalue weighted by molar-refractivity contribution is 5.79. The Morgan fingerprint density at radius 1 is 1.14 bits per heavy atom. The van der Waals surface area contributed by atoms with Gasteiger partial charge in [-0.25, -0.2) is 0 Å². The Hall–Kier alpha value is -1.83. The average Bonchev–Trinajstić information content (AvgIpc) is 3.27. The predicted octanol–water partition coefficient (Wildman–Crippen LogP) is 1.63. The molecule has 1 aromatic carbocycles. The third-order valence-electron chi connectivity index (χ3n) is 5.13. The number of morpholine rings is 1. The van der Waals surface area contributed by atoms with E-state index >= 15 is 0 Å². The quantitative estimate of drug-likeness (QED) is 0.380. The van der Waals surface area contributed by atoms with Crippen LogP contribution in [0.5, 0.6) is 0 Å². The summed E-state index contributed by atoms with van der Waals surface area (Å²) in [5, 5.41) is 6.71. The van der Waals surface area contributed by atoms with Gasteiger partial charge in [-0.2, -0.15) is 0 Å². The molecule has 2 fully saturated rings. The highest BCUT2D eigenvalue weighted by Crippen LogP contribution is 2.16. The number of rotatable bonds is 9. The van der Waals surface area contributed by atoms with E-state index in [2.05, 4.69) is 44.8 Å². The van der Waals surface area contributed by atoms with E-state index in [1.165, 1.54) is 11.3 Å². The van der Waals surface area contributed by atoms with Crippen molar-refractivity contribution in [1.29, 1.82) is 0 Å². The lowest BCUT2D eigenvalue weighted by Crippen LogP contribution is -2.37. The van der Waals surface area contributed by atoms with Gasteiger partial charge in [0.25, 0.3) is 0 Å². The minimum absolute atomic E-state index is 0.581. The van der Waals surface area contributed by atoms with Crippen molar-refractivity contribution in [3.05, 3.63) is 29.8 Å². The Labute approximate surface area is 168 Å². The minimum atomic E-state index is 0.581. The second-order valence-corrected chi connectivity index (χ2v) is 7.28. The molecule has 2 N–H and O–H groups in total. The Bertz CT molecular complexity index is 582. The summed E-state index contributed by atoms with van der Waals surface area (Å²) in [5.41, 5.74) is 2.50. The van der Waals surface area contributed by atoms with Crippen molar-refractivity contribution in [2.24, 2.45) is 10.9 Å². The van der Waals surface area contributed by atoms with Crippen LogP contribution in [0.3, 0.4) is 0 Å². The molecule has 2 saturated heterocycles. The van der Waals surface area contributed by atoms with E-state index in [-0.39, 0.29) is 0 Å². The molecular weight excluding hydrogens is 356 g/mol. The normalized spacial score (nSPS) is 20.4. The van der Waals surface area contributed by atoms with Gasteiger partial charge in [0.05, 0.1) is 26.4 Å². The molecule has 2 heterocycles. The summed E-state index contributed by atoms with van der Waals surface area (Å²) in [6, 6.07) is 8.72. The molecule has 0 spiro atoms. The SMILES string of the molecule is CN=C(NCCCOCC1CCOC1)NCc1ccc(N2CCOCC2)cc1. The topological polar surface area (TPSA) is 67.4 Å². The summed E-state index contributed by atoms with van der Waals surface area (Å²) < 4.78 is 16.5. The maximum absolute atomic E-state index is 5.73. The van der Waals surface area contributed by atoms with Gasteiger partial charge in [0.1, 0.15) is 0 Å². The summed E-state index contributed by atoms with van der Waals surface area (Å²) >= 11 is 0. The molecule has 7 nitrogen and oxygen atoms in total. The maximum atomic E-state index is 5.73. The van der Waals surface area contributed by atoms with Crippen LogP contribution >= 0.6 is 0 Å². The molecule has 1 atom stereocenters. The van der Waals surface area contributed by atoms with Crippen molar-refractivity contribution in [2.45, 2.75) is 19.4 Å². The monoisotopic (exact) mass is 390 g/mol. The van der Waals surface area contributed by atoms with Crippen molar-refractivity contribution >= 4 is 11.6 Å². The van der Waals surface area contributed by atoms with Crippen LogP contribution in [0.15, 0.2) is 29.3 Å². The fourth-order valence-electron chi connectivity index (χ4n) is 3.40. The highest BCUT2D eigenvalue weighted by atomic mass is 16.5. The number of anilines is 1. The minimum Gasteiger partial charge on any atom is -0.381 e. The first-order valence-electron chi connectivity index (χ1n) is 10.4. The third kappa shape index (κ3) is 6.96. The summed E-state index contributed by atoms with van der Waals surface area (Å²) in [4.78, 5) is 6.65. The standard InChI is InChI=1S/C21H34N4O3/c1-22-21(23-8-2-11-27-16-19-7-12-28-17-19)24-15-18-3-5-20(6-4-18)25-9-13-26-14-10-25/h3-6,19H,2,7-17H2,1H3,(H2,22,23,24). The van der Waals surface area contributed by atoms with Crippen LogP contribution in [0.1, 0.15) is 18.4 Å². The number of nitrogens with zero attached hydrogens (tertiary/aromatic N) is 2. The summed E-state index contributed by atoms with van der Waals surface area (Å²) in [6.45, 7) is 8.46. The summed E-state index contributed by atoms with van der Waals surface area (Å²) in [6.07, 6.45) is 2.09. The van der Waals surface area contributed by atoms with Crippen molar-refractivity contribution in [1.82, 2.24) is 10.6 Å². The molecule has 2 aliphatic heterocycles. The van der Waals surface area contributed by atoms with Crippen LogP contribution in [-0.2, 0) is 20.8 Å². The Morgan fingerprint density at radius 3 is 2.68 bits per heavy atom. The van der Waals surface area contributed by atoms with E-state index in [9.17, 15) is 0 Å². The second-order valence-electron chi connectivity index (χ2n) is 7.28. The number of hydrogen-bond acceptors (Lipinski definition) is 5. The Kier molecular flexibility index (Phi) is 8.87. The molecule has 0 aromatic heterocycles. The zero-order chi connectivity index (χ0) is 19.4. The molecule has 3 rings (SSSR count). The zero-order valence-electron chi connectivity index (χ0n) is 17.0. The van der Waals surface area contributed by atoms with Crippen molar-refractivity contribution in [2.75, 3.05) is 71.2 Å². The molecular formula is C21H34N4O3. The van der Waals surface area contributed by atoms with E-state index in [1.54, 1.807) is 7.05 Å². The Balaban J connectivity index is 1.29. The van der Waals surface area contributed by atoms with Gasteiger partial charge in [-0.1, -0.05) is 12.1 Å². The van der Waals surface area contributed by atoms with E-state index in [1.807, 2.05) is 0 Å². The largest absolute Gasteiger partial charge is 0.381 e. The fourth-order valence-corrected chi connectivity index (χ4v) is 3.40. The Morgan fingerprint density at radius 2 is 1.96 bits per heavy atom. The lowest BCUT2D eigenvalue weighted by Gasteiger charge is -2.28. The molecule has 2 aliphatic rings. The molecule has 0 aliphatic carbocycles. The van der Waals surface area contributed by atoms with Gasteiger partial charge < -0.3 is 29.7 Å². The van der Waals surface area contributed by atoms with E-state index in [0.717, 1.165) is 84.6 Å². The van der Waals surface area contributed by atoms with Gasteiger partial charge in [-0.15, -0.1) is 0 Å². The number of aliphatic imine (C=N–C) groups is 1. The number of benzene rings is 1. The average molecular weight is 391 g/mol. The van der Waals surface area contributed by atoms with Crippen LogP contribution in [0, 0.1) is 5.92 Å². The van der Waals surface area contributed by atoms with Crippen LogP contribution in [0.25, 0.3) is 0 Å². The molecule has 0 amide bonds. The van der Waals surface area contributed by atoms with Crippen LogP contribution in [0.2, 0.25) is 0 Å². The molecule has 1 unspecified atom stereocenters. The first kappa shape index (κ1) is 20.9. The molecule has 156 valence electrons. The molecule has 0 radical (unpaired) electrons. The predicted molar refractivity (Wildman–Crippen MR) is 112 cm³/mol. The molecule has 1 aromatic rings. The highest BCUT2D eigenvalue weighted by Gasteiger charge is 2.15. The van der Waals surface area contributed by atoms with E-state index in [0.29, 0.717) is 5.92 Å². The van der Waals surface area contributed by atoms with Crippen molar-refractivity contribution in [3.63, 3.8) is 0 Å². The second kappa shape index (κ2) is 11.9. The maximum Gasteiger partial charge on any atom is 0.191 e. The number of guanidine groups is 1. The van der Waals surface area contributed by atoms with Gasteiger partial charge in [-0.3, -0.25) is 4.99 Å². The molecule has 28 heavy (non-hydrogen) atoms. The first-order chi connectivity index (χ1) is 13.8. The number of ether oxygens (including phenoxy) is 3. The van der Waals surface area contributed by atoms with Gasteiger partial charge in [0.2, 0.25) is 0 Å². The van der Waals surface area contributed by atoms with E-state index in [4.69, 9.17) is 14.2 Å². The van der Waals surface area contributed by atoms with Crippen molar-refractivity contribution < 1.29 is 14.2 Å². The van der Waals surface area contributed by atoms with Gasteiger partial charge >= 0.3 is 0 Å². The van der Waals surface area contributed by atoms with E-state index < -0.39 is 0 Å². The van der Waals surface area contributed by atoms with Crippen LogP contribution < -0.4 is 15.5 Å². The fraction of sp³-hybridized carbons (Fsp3) is 0.667. The molecule has 7 heteroatoms. The van der Waals surface area contributed by atoms with Gasteiger partial charge in [-0.05, 0) is 30.5 Å². The smallest absolute Gasteiger partial charge is 0.191 e. The van der Waals surface area contributed by atoms with Crippen molar-refractivity contribution in [3.8, 4) is 0 Å². The van der Waals surface area contributed by atoms with Crippen LogP contribution in [0.4, 0.5) is 5.69 Å². The summed E-state index contributed by atoms with van der Waals surface area (Å²) in [5.74, 6) is 1.40. The van der Waals surface area contributed by atoms with Gasteiger partial charge in [0, 0.05) is 58.0 Å². The lowest BCUT2D eigenvalue weighted by atomic mass is 10.1. The zero-order valence-corrected chi connectivity index (χ0v) is 17.0. The molecule has 0 saturated carbocycles. The summed E-state index contributed by atoms with van der Waals surface area (Å²) in [7, 11) is 1.80.